The number of nitrogens with one attached hydrogen (secondary N) is 1. The van der Waals surface area contributed by atoms with Gasteiger partial charge in [-0.1, -0.05) is 25.0 Å². The Labute approximate surface area is 165 Å². The fourth-order valence-electron chi connectivity index (χ4n) is 2.90. The summed E-state index contributed by atoms with van der Waals surface area (Å²) in [7, 11) is -2.35. The second-order valence-corrected chi connectivity index (χ2v) is 8.43. The van der Waals surface area contributed by atoms with Crippen molar-refractivity contribution in [3.8, 4) is 0 Å². The molecule has 1 fully saturated rings. The average Bonchev–Trinajstić information content (AvgIpc) is 3.00. The fourth-order valence-corrected chi connectivity index (χ4v) is 4.41. The number of benzene rings is 1. The van der Waals surface area contributed by atoms with E-state index >= 15 is 0 Å². The predicted molar refractivity (Wildman–Crippen MR) is 104 cm³/mol. The van der Waals surface area contributed by atoms with Gasteiger partial charge in [0.25, 0.3) is 0 Å². The van der Waals surface area contributed by atoms with Crippen molar-refractivity contribution in [2.24, 2.45) is 0 Å². The van der Waals surface area contributed by atoms with Crippen LogP contribution in [0, 0.1) is 0 Å². The minimum Gasteiger partial charge on any atom is -0.467 e. The van der Waals surface area contributed by atoms with Crippen LogP contribution < -0.4 is 5.32 Å². The van der Waals surface area contributed by atoms with Crippen LogP contribution in [0.25, 0.3) is 6.08 Å². The largest absolute Gasteiger partial charge is 0.467 e. The van der Waals surface area contributed by atoms with E-state index in [1.54, 1.807) is 12.1 Å². The second kappa shape index (κ2) is 10.4. The monoisotopic (exact) mass is 410 g/mol. The molecule has 0 radical (unpaired) electrons. The molecule has 1 aromatic carbocycles. The zero-order valence-corrected chi connectivity index (χ0v) is 16.7. The third-order valence-electron chi connectivity index (χ3n) is 4.49. The van der Waals surface area contributed by atoms with Gasteiger partial charge in [0.2, 0.25) is 15.9 Å². The number of sulfonamides is 1. The molecule has 2 N–H and O–H groups in total. The summed E-state index contributed by atoms with van der Waals surface area (Å²) in [5.74, 6) is -1.32. The molecule has 1 aliphatic heterocycles. The van der Waals surface area contributed by atoms with E-state index < -0.39 is 34.5 Å². The Morgan fingerprint density at radius 1 is 1.18 bits per heavy atom. The summed E-state index contributed by atoms with van der Waals surface area (Å²) in [5.41, 5.74) is 0.628. The highest BCUT2D eigenvalue weighted by molar-refractivity contribution is 7.89. The van der Waals surface area contributed by atoms with E-state index in [4.69, 9.17) is 5.11 Å². The lowest BCUT2D eigenvalue weighted by atomic mass is 10.2. The number of aliphatic hydroxyl groups excluding tert-OH is 1. The number of hydrogen-bond acceptors (Lipinski definition) is 6. The van der Waals surface area contributed by atoms with Crippen molar-refractivity contribution in [2.45, 2.75) is 36.6 Å². The lowest BCUT2D eigenvalue weighted by molar-refractivity contribution is -0.145. The molecule has 28 heavy (non-hydrogen) atoms. The van der Waals surface area contributed by atoms with Crippen molar-refractivity contribution >= 4 is 28.0 Å². The normalized spacial score (nSPS) is 17.1. The van der Waals surface area contributed by atoms with Crippen LogP contribution in [-0.4, -0.2) is 62.6 Å². The van der Waals surface area contributed by atoms with Crippen LogP contribution in [0.15, 0.2) is 35.2 Å². The number of rotatable bonds is 7. The van der Waals surface area contributed by atoms with Gasteiger partial charge in [-0.05, 0) is 36.6 Å². The van der Waals surface area contributed by atoms with Crippen molar-refractivity contribution in [3.05, 3.63) is 35.9 Å². The molecule has 0 spiro atoms. The standard InChI is InChI=1S/C19H26N2O6S/c1-27-19(24)17(14-22)20-18(23)11-8-15-6-9-16(10-7-15)28(25,26)21-12-4-2-3-5-13-21/h6-11,17,22H,2-5,12-14H2,1H3,(H,20,23)/b11-8+/t17-/m1/s1. The maximum absolute atomic E-state index is 12.7. The van der Waals surface area contributed by atoms with E-state index in [0.717, 1.165) is 32.8 Å². The summed E-state index contributed by atoms with van der Waals surface area (Å²) in [6, 6.07) is 5.12. The van der Waals surface area contributed by atoms with Crippen molar-refractivity contribution in [1.29, 1.82) is 0 Å². The molecule has 1 amide bonds. The van der Waals surface area contributed by atoms with Gasteiger partial charge in [-0.25, -0.2) is 13.2 Å². The molecule has 1 aliphatic rings. The number of methoxy groups -OCH3 is 1. The summed E-state index contributed by atoms with van der Waals surface area (Å²) in [6.07, 6.45) is 6.52. The van der Waals surface area contributed by atoms with Crippen LogP contribution in [0.4, 0.5) is 0 Å². The molecule has 0 aromatic heterocycles. The number of esters is 1. The lowest BCUT2D eigenvalue weighted by Gasteiger charge is -2.19. The number of amides is 1. The fraction of sp³-hybridized carbons (Fsp3) is 0.474. The molecule has 0 aliphatic carbocycles. The molecule has 1 aromatic rings. The van der Waals surface area contributed by atoms with Crippen molar-refractivity contribution < 1.29 is 27.9 Å². The van der Waals surface area contributed by atoms with Crippen molar-refractivity contribution in [2.75, 3.05) is 26.8 Å². The van der Waals surface area contributed by atoms with Crippen molar-refractivity contribution in [1.82, 2.24) is 9.62 Å². The van der Waals surface area contributed by atoms with Crippen molar-refractivity contribution in [3.63, 3.8) is 0 Å². The van der Waals surface area contributed by atoms with Gasteiger partial charge in [-0.2, -0.15) is 4.31 Å². The number of hydrogen-bond donors (Lipinski definition) is 2. The van der Waals surface area contributed by atoms with Gasteiger partial charge in [0, 0.05) is 19.2 Å². The summed E-state index contributed by atoms with van der Waals surface area (Å²) in [5, 5.41) is 11.4. The van der Waals surface area contributed by atoms with E-state index in [1.165, 1.54) is 28.6 Å². The van der Waals surface area contributed by atoms with Gasteiger partial charge in [-0.3, -0.25) is 4.79 Å². The van der Waals surface area contributed by atoms with E-state index in [1.807, 2.05) is 0 Å². The highest BCUT2D eigenvalue weighted by Gasteiger charge is 2.24. The second-order valence-electron chi connectivity index (χ2n) is 6.49. The Hall–Kier alpha value is -2.23. The molecular weight excluding hydrogens is 384 g/mol. The number of ether oxygens (including phenoxy) is 1. The van der Waals surface area contributed by atoms with Gasteiger partial charge in [-0.15, -0.1) is 0 Å². The van der Waals surface area contributed by atoms with Crippen LogP contribution in [0.2, 0.25) is 0 Å². The zero-order valence-electron chi connectivity index (χ0n) is 15.8. The first-order valence-corrected chi connectivity index (χ1v) is 10.6. The number of carbonyl (C=O) groups excluding carboxylic acids is 2. The molecular formula is C19H26N2O6S. The van der Waals surface area contributed by atoms with Gasteiger partial charge in [0.05, 0.1) is 18.6 Å². The van der Waals surface area contributed by atoms with Crippen LogP contribution >= 0.6 is 0 Å². The summed E-state index contributed by atoms with van der Waals surface area (Å²) in [4.78, 5) is 23.4. The number of nitrogens with zero attached hydrogens (tertiary/aromatic N) is 1. The zero-order chi connectivity index (χ0) is 20.6. The van der Waals surface area contributed by atoms with Crippen LogP contribution in [0.1, 0.15) is 31.2 Å². The Bertz CT molecular complexity index is 796. The van der Waals surface area contributed by atoms with E-state index in [2.05, 4.69) is 10.1 Å². The quantitative estimate of drug-likeness (QED) is 0.510. The highest BCUT2D eigenvalue weighted by Crippen LogP contribution is 2.20. The molecule has 154 valence electrons. The Morgan fingerprint density at radius 2 is 1.79 bits per heavy atom. The van der Waals surface area contributed by atoms with E-state index in [-0.39, 0.29) is 4.90 Å². The minimum atomic E-state index is -3.51. The first-order chi connectivity index (χ1) is 13.4. The van der Waals surface area contributed by atoms with Gasteiger partial charge in [0.15, 0.2) is 6.04 Å². The predicted octanol–water partition coefficient (Wildman–Crippen LogP) is 0.915. The van der Waals surface area contributed by atoms with Gasteiger partial charge in [0.1, 0.15) is 0 Å². The molecule has 0 saturated carbocycles. The highest BCUT2D eigenvalue weighted by atomic mass is 32.2. The summed E-state index contributed by atoms with van der Waals surface area (Å²) < 4.78 is 31.5. The summed E-state index contributed by atoms with van der Waals surface area (Å²) >= 11 is 0. The maximum Gasteiger partial charge on any atom is 0.330 e. The molecule has 8 nitrogen and oxygen atoms in total. The topological polar surface area (TPSA) is 113 Å². The average molecular weight is 410 g/mol. The van der Waals surface area contributed by atoms with E-state index in [9.17, 15) is 18.0 Å². The SMILES string of the molecule is COC(=O)[C@@H](CO)NC(=O)/C=C/c1ccc(S(=O)(=O)N2CCCCCC2)cc1. The third-order valence-corrected chi connectivity index (χ3v) is 6.41. The third kappa shape index (κ3) is 5.88. The molecule has 1 atom stereocenters. The number of aliphatic hydroxyl groups is 1. The first-order valence-electron chi connectivity index (χ1n) is 9.16. The number of carbonyl (C=O) groups is 2. The lowest BCUT2D eigenvalue weighted by Crippen LogP contribution is -2.43. The molecule has 9 heteroatoms. The minimum absolute atomic E-state index is 0.224. The Kier molecular flexibility index (Phi) is 8.16. The molecule has 1 saturated heterocycles. The molecule has 2 rings (SSSR count). The Balaban J connectivity index is 2.02. The van der Waals surface area contributed by atoms with E-state index in [0.29, 0.717) is 18.7 Å². The molecule has 0 unspecified atom stereocenters. The van der Waals surface area contributed by atoms with Gasteiger partial charge >= 0.3 is 5.97 Å². The molecule has 0 bridgehead atoms. The summed E-state index contributed by atoms with van der Waals surface area (Å²) in [6.45, 7) is 0.502. The first kappa shape index (κ1) is 22.1. The maximum atomic E-state index is 12.7. The Morgan fingerprint density at radius 3 is 2.32 bits per heavy atom. The van der Waals surface area contributed by atoms with Crippen LogP contribution in [0.5, 0.6) is 0 Å². The molecule has 1 heterocycles. The van der Waals surface area contributed by atoms with Crippen LogP contribution in [0.3, 0.4) is 0 Å². The van der Waals surface area contributed by atoms with Crippen LogP contribution in [-0.2, 0) is 24.3 Å². The van der Waals surface area contributed by atoms with Gasteiger partial charge < -0.3 is 15.2 Å². The smallest absolute Gasteiger partial charge is 0.330 e.